The SMILES string of the molecule is CCCc1ccccc1NC(=O)[C@H]1CCCN(Cc2nc3ccccc3n2-c2cccc(Br)c2)C1. The number of fused-ring (bicyclic) bond motifs is 1. The van der Waals surface area contributed by atoms with Gasteiger partial charge in [0.1, 0.15) is 5.82 Å². The highest BCUT2D eigenvalue weighted by atomic mass is 79.9. The van der Waals surface area contributed by atoms with E-state index in [0.717, 1.165) is 71.5 Å². The fourth-order valence-electron chi connectivity index (χ4n) is 5.06. The second kappa shape index (κ2) is 10.8. The third-order valence-electron chi connectivity index (χ3n) is 6.73. The van der Waals surface area contributed by atoms with E-state index in [2.05, 4.69) is 80.1 Å². The number of benzene rings is 3. The van der Waals surface area contributed by atoms with Crippen LogP contribution in [0.2, 0.25) is 0 Å². The third-order valence-corrected chi connectivity index (χ3v) is 7.23. The van der Waals surface area contributed by atoms with Crippen LogP contribution in [-0.2, 0) is 17.8 Å². The van der Waals surface area contributed by atoms with Gasteiger partial charge in [-0.05, 0) is 67.8 Å². The van der Waals surface area contributed by atoms with E-state index in [-0.39, 0.29) is 11.8 Å². The van der Waals surface area contributed by atoms with Gasteiger partial charge in [0.05, 0.1) is 23.5 Å². The molecule has 4 aromatic rings. The summed E-state index contributed by atoms with van der Waals surface area (Å²) in [6.45, 7) is 4.58. The zero-order valence-corrected chi connectivity index (χ0v) is 21.7. The molecule has 2 heterocycles. The van der Waals surface area contributed by atoms with E-state index in [1.807, 2.05) is 30.3 Å². The summed E-state index contributed by atoms with van der Waals surface area (Å²) in [5, 5.41) is 3.22. The average molecular weight is 531 g/mol. The minimum Gasteiger partial charge on any atom is -0.326 e. The number of halogens is 1. The number of carbonyl (C=O) groups is 1. The van der Waals surface area contributed by atoms with Crippen LogP contribution in [0.1, 0.15) is 37.6 Å². The van der Waals surface area contributed by atoms with E-state index in [1.165, 1.54) is 5.56 Å². The fourth-order valence-corrected chi connectivity index (χ4v) is 5.45. The van der Waals surface area contributed by atoms with Crippen molar-refractivity contribution in [2.75, 3.05) is 18.4 Å². The highest BCUT2D eigenvalue weighted by molar-refractivity contribution is 9.10. The number of amides is 1. The van der Waals surface area contributed by atoms with Gasteiger partial charge in [0.2, 0.25) is 5.91 Å². The quantitative estimate of drug-likeness (QED) is 0.293. The molecule has 0 unspecified atom stereocenters. The standard InChI is InChI=1S/C29H31BrN4O/c1-2-9-21-10-3-4-14-25(21)32-29(35)22-11-8-17-33(19-22)20-28-31-26-15-5-6-16-27(26)34(28)24-13-7-12-23(30)18-24/h3-7,10,12-16,18,22H,2,8-9,11,17,19-20H2,1H3,(H,32,35)/t22-/m0/s1. The first-order chi connectivity index (χ1) is 17.1. The van der Waals surface area contributed by atoms with Gasteiger partial charge in [-0.1, -0.05) is 65.7 Å². The van der Waals surface area contributed by atoms with Crippen molar-refractivity contribution in [3.05, 3.63) is 88.7 Å². The number of nitrogens with one attached hydrogen (secondary N) is 1. The van der Waals surface area contributed by atoms with Gasteiger partial charge in [-0.2, -0.15) is 0 Å². The molecular formula is C29H31BrN4O. The van der Waals surface area contributed by atoms with Gasteiger partial charge in [0, 0.05) is 22.4 Å². The summed E-state index contributed by atoms with van der Waals surface area (Å²) in [5.41, 5.74) is 5.33. The molecule has 6 heteroatoms. The summed E-state index contributed by atoms with van der Waals surface area (Å²) in [7, 11) is 0. The number of carbonyl (C=O) groups excluding carboxylic acids is 1. The number of hydrogen-bond donors (Lipinski definition) is 1. The molecule has 0 saturated carbocycles. The van der Waals surface area contributed by atoms with E-state index in [0.29, 0.717) is 6.54 Å². The highest BCUT2D eigenvalue weighted by Crippen LogP contribution is 2.27. The van der Waals surface area contributed by atoms with Crippen molar-refractivity contribution in [3.63, 3.8) is 0 Å². The summed E-state index contributed by atoms with van der Waals surface area (Å²) in [6, 6.07) is 24.8. The molecule has 0 radical (unpaired) electrons. The van der Waals surface area contributed by atoms with Crippen molar-refractivity contribution < 1.29 is 4.79 Å². The summed E-state index contributed by atoms with van der Waals surface area (Å²) < 4.78 is 3.28. The Hall–Kier alpha value is -2.96. The number of para-hydroxylation sites is 3. The van der Waals surface area contributed by atoms with E-state index >= 15 is 0 Å². The molecule has 0 spiro atoms. The third kappa shape index (κ3) is 5.34. The van der Waals surface area contributed by atoms with Crippen molar-refractivity contribution in [1.82, 2.24) is 14.5 Å². The Morgan fingerprint density at radius 2 is 1.91 bits per heavy atom. The lowest BCUT2D eigenvalue weighted by Crippen LogP contribution is -2.40. The van der Waals surface area contributed by atoms with Gasteiger partial charge in [-0.3, -0.25) is 14.3 Å². The highest BCUT2D eigenvalue weighted by Gasteiger charge is 2.27. The molecule has 1 aromatic heterocycles. The predicted molar refractivity (Wildman–Crippen MR) is 146 cm³/mol. The number of likely N-dealkylation sites (tertiary alicyclic amines) is 1. The molecule has 5 rings (SSSR count). The minimum absolute atomic E-state index is 0.0258. The van der Waals surface area contributed by atoms with Crippen LogP contribution in [-0.4, -0.2) is 33.4 Å². The predicted octanol–water partition coefficient (Wildman–Crippen LogP) is 6.59. The van der Waals surface area contributed by atoms with Gasteiger partial charge < -0.3 is 5.32 Å². The zero-order chi connectivity index (χ0) is 24.2. The lowest BCUT2D eigenvalue weighted by molar-refractivity contribution is -0.121. The van der Waals surface area contributed by atoms with Crippen LogP contribution < -0.4 is 5.32 Å². The second-order valence-electron chi connectivity index (χ2n) is 9.30. The molecule has 5 nitrogen and oxygen atoms in total. The number of nitrogens with zero attached hydrogens (tertiary/aromatic N) is 3. The number of aryl methyl sites for hydroxylation is 1. The average Bonchev–Trinajstić information content (AvgIpc) is 3.23. The van der Waals surface area contributed by atoms with E-state index in [4.69, 9.17) is 4.98 Å². The number of piperidine rings is 1. The van der Waals surface area contributed by atoms with Gasteiger partial charge in [-0.15, -0.1) is 0 Å². The van der Waals surface area contributed by atoms with E-state index in [1.54, 1.807) is 0 Å². The van der Waals surface area contributed by atoms with Gasteiger partial charge in [0.25, 0.3) is 0 Å². The topological polar surface area (TPSA) is 50.2 Å². The molecule has 35 heavy (non-hydrogen) atoms. The first kappa shape index (κ1) is 23.8. The number of aromatic nitrogens is 2. The summed E-state index contributed by atoms with van der Waals surface area (Å²) >= 11 is 3.61. The molecule has 3 aromatic carbocycles. The van der Waals surface area contributed by atoms with Crippen molar-refractivity contribution in [2.45, 2.75) is 39.2 Å². The Labute approximate surface area is 215 Å². The Balaban J connectivity index is 1.36. The first-order valence-corrected chi connectivity index (χ1v) is 13.2. The normalized spacial score (nSPS) is 16.5. The van der Waals surface area contributed by atoms with Gasteiger partial charge in [-0.25, -0.2) is 4.98 Å². The van der Waals surface area contributed by atoms with Gasteiger partial charge in [0.15, 0.2) is 0 Å². The Morgan fingerprint density at radius 1 is 1.09 bits per heavy atom. The first-order valence-electron chi connectivity index (χ1n) is 12.5. The molecule has 1 fully saturated rings. The van der Waals surface area contributed by atoms with Crippen molar-refractivity contribution in [3.8, 4) is 5.69 Å². The summed E-state index contributed by atoms with van der Waals surface area (Å²) in [5.74, 6) is 1.10. The molecule has 0 bridgehead atoms. The lowest BCUT2D eigenvalue weighted by atomic mass is 9.96. The van der Waals surface area contributed by atoms with Crippen LogP contribution >= 0.6 is 15.9 Å². The molecule has 1 aliphatic heterocycles. The van der Waals surface area contributed by atoms with E-state index < -0.39 is 0 Å². The largest absolute Gasteiger partial charge is 0.326 e. The molecule has 1 saturated heterocycles. The molecule has 180 valence electrons. The number of imidazole rings is 1. The Kier molecular flexibility index (Phi) is 7.30. The van der Waals surface area contributed by atoms with Crippen molar-refractivity contribution in [1.29, 1.82) is 0 Å². The van der Waals surface area contributed by atoms with Crippen molar-refractivity contribution in [2.24, 2.45) is 5.92 Å². The molecule has 1 N–H and O–H groups in total. The monoisotopic (exact) mass is 530 g/mol. The smallest absolute Gasteiger partial charge is 0.228 e. The maximum atomic E-state index is 13.2. The molecule has 1 aliphatic rings. The number of rotatable bonds is 7. The lowest BCUT2D eigenvalue weighted by Gasteiger charge is -2.32. The van der Waals surface area contributed by atoms with Crippen LogP contribution in [0.25, 0.3) is 16.7 Å². The molecule has 1 atom stereocenters. The maximum absolute atomic E-state index is 13.2. The summed E-state index contributed by atoms with van der Waals surface area (Å²) in [6.07, 6.45) is 3.95. The molecule has 1 amide bonds. The summed E-state index contributed by atoms with van der Waals surface area (Å²) in [4.78, 5) is 20.6. The Morgan fingerprint density at radius 3 is 2.77 bits per heavy atom. The molecular weight excluding hydrogens is 500 g/mol. The van der Waals surface area contributed by atoms with E-state index in [9.17, 15) is 4.79 Å². The molecule has 0 aliphatic carbocycles. The fraction of sp³-hybridized carbons (Fsp3) is 0.310. The van der Waals surface area contributed by atoms with Crippen LogP contribution in [0.5, 0.6) is 0 Å². The van der Waals surface area contributed by atoms with Crippen LogP contribution in [0, 0.1) is 5.92 Å². The number of hydrogen-bond acceptors (Lipinski definition) is 3. The maximum Gasteiger partial charge on any atom is 0.228 e. The van der Waals surface area contributed by atoms with Crippen LogP contribution in [0.4, 0.5) is 5.69 Å². The van der Waals surface area contributed by atoms with Crippen LogP contribution in [0.3, 0.4) is 0 Å². The minimum atomic E-state index is -0.0258. The van der Waals surface area contributed by atoms with Crippen molar-refractivity contribution >= 4 is 38.6 Å². The van der Waals surface area contributed by atoms with Crippen LogP contribution in [0.15, 0.2) is 77.3 Å². The zero-order valence-electron chi connectivity index (χ0n) is 20.1. The van der Waals surface area contributed by atoms with Gasteiger partial charge >= 0.3 is 0 Å². The second-order valence-corrected chi connectivity index (χ2v) is 10.2. The number of anilines is 1. The Bertz CT molecular complexity index is 1330.